The lowest BCUT2D eigenvalue weighted by Crippen LogP contribution is -1.70. The molecule has 0 radical (unpaired) electrons. The van der Waals surface area contributed by atoms with Gasteiger partial charge in [-0.2, -0.15) is 0 Å². The van der Waals surface area contributed by atoms with Gasteiger partial charge in [-0.25, -0.2) is 0 Å². The highest BCUT2D eigenvalue weighted by molar-refractivity contribution is 7.28. The zero-order valence-electron chi connectivity index (χ0n) is 19.1. The third-order valence-electron chi connectivity index (χ3n) is 5.39. The summed E-state index contributed by atoms with van der Waals surface area (Å²) in [5.41, 5.74) is 1.95. The van der Waals surface area contributed by atoms with Gasteiger partial charge in [0.15, 0.2) is 0 Å². The number of nitrogens with zero attached hydrogens (tertiary/aromatic N) is 2. The molecule has 0 saturated heterocycles. The van der Waals surface area contributed by atoms with Crippen LogP contribution in [0.15, 0.2) is 119 Å². The molecule has 6 heteroatoms. The number of benzene rings is 2. The minimum atomic E-state index is 0.973. The number of hydrogen-bond donors (Lipinski definition) is 0. The molecule has 174 valence electrons. The van der Waals surface area contributed by atoms with E-state index in [9.17, 15) is 0 Å². The summed E-state index contributed by atoms with van der Waals surface area (Å²) in [6.07, 6.45) is 3.90. The Hall–Kier alpha value is -3.42. The second kappa shape index (κ2) is 10.7. The van der Waals surface area contributed by atoms with Gasteiger partial charge in [-0.15, -0.1) is 45.3 Å². The average molecular weight is 537 g/mol. The standard InChI is InChI=1S/C30H20N2S4/c1-3-7-21(8-4-1)31-19-23-11-13-25(33-23)27-15-17-29(35-27)30-18-16-28(36-30)26-14-12-24(34-26)20-32-22-9-5-2-6-10-22/h1-20H. The van der Waals surface area contributed by atoms with Crippen LogP contribution in [-0.2, 0) is 0 Å². The Bertz CT molecular complexity index is 1510. The van der Waals surface area contributed by atoms with Gasteiger partial charge in [-0.3, -0.25) is 9.98 Å². The molecule has 0 N–H and O–H groups in total. The van der Waals surface area contributed by atoms with Gasteiger partial charge in [0.2, 0.25) is 0 Å². The van der Waals surface area contributed by atoms with Gasteiger partial charge < -0.3 is 0 Å². The first kappa shape index (κ1) is 23.0. The van der Waals surface area contributed by atoms with Gasteiger partial charge >= 0.3 is 0 Å². The lowest BCUT2D eigenvalue weighted by Gasteiger charge is -1.92. The SMILES string of the molecule is C(=Nc1ccccc1)c1ccc(-c2ccc(-c3ccc(-c4ccc(C=Nc5ccccc5)s4)s3)s2)s1. The fourth-order valence-electron chi connectivity index (χ4n) is 3.62. The summed E-state index contributed by atoms with van der Waals surface area (Å²) in [5, 5.41) is 0. The van der Waals surface area contributed by atoms with Crippen LogP contribution >= 0.6 is 45.3 Å². The summed E-state index contributed by atoms with van der Waals surface area (Å²) in [6.45, 7) is 0. The molecule has 4 aromatic heterocycles. The average Bonchev–Trinajstić information content (AvgIpc) is 3.73. The van der Waals surface area contributed by atoms with Crippen LogP contribution in [0.3, 0.4) is 0 Å². The Morgan fingerprint density at radius 1 is 0.361 bits per heavy atom. The van der Waals surface area contributed by atoms with E-state index in [0.717, 1.165) is 21.1 Å². The fourth-order valence-corrected chi connectivity index (χ4v) is 7.66. The van der Waals surface area contributed by atoms with Crippen molar-refractivity contribution in [1.29, 1.82) is 0 Å². The van der Waals surface area contributed by atoms with Gasteiger partial charge in [0.05, 0.1) is 11.4 Å². The number of thiophene rings is 4. The molecule has 0 atom stereocenters. The van der Waals surface area contributed by atoms with Crippen molar-refractivity contribution in [3.63, 3.8) is 0 Å². The van der Waals surface area contributed by atoms with Gasteiger partial charge in [-0.1, -0.05) is 36.4 Å². The highest BCUT2D eigenvalue weighted by Gasteiger charge is 2.11. The fraction of sp³-hybridized carbons (Fsp3) is 0. The molecule has 0 spiro atoms. The van der Waals surface area contributed by atoms with Crippen molar-refractivity contribution in [2.75, 3.05) is 0 Å². The smallest absolute Gasteiger partial charge is 0.0630 e. The van der Waals surface area contributed by atoms with Gasteiger partial charge in [0.1, 0.15) is 0 Å². The molecule has 4 heterocycles. The molecule has 0 aliphatic carbocycles. The predicted octanol–water partition coefficient (Wildman–Crippen LogP) is 10.4. The largest absolute Gasteiger partial charge is 0.255 e. The maximum atomic E-state index is 4.58. The summed E-state index contributed by atoms with van der Waals surface area (Å²) in [5.74, 6) is 0. The van der Waals surface area contributed by atoms with Crippen LogP contribution in [-0.4, -0.2) is 12.4 Å². The second-order valence-electron chi connectivity index (χ2n) is 7.92. The van der Waals surface area contributed by atoms with Crippen molar-refractivity contribution >= 4 is 69.2 Å². The van der Waals surface area contributed by atoms with E-state index in [0.29, 0.717) is 0 Å². The zero-order valence-corrected chi connectivity index (χ0v) is 22.3. The van der Waals surface area contributed by atoms with Gasteiger partial charge in [0, 0.05) is 51.4 Å². The maximum Gasteiger partial charge on any atom is 0.0630 e. The van der Waals surface area contributed by atoms with E-state index in [2.05, 4.69) is 58.5 Å². The first-order valence-electron chi connectivity index (χ1n) is 11.4. The van der Waals surface area contributed by atoms with Crippen LogP contribution in [0.25, 0.3) is 29.3 Å². The summed E-state index contributed by atoms with van der Waals surface area (Å²) in [7, 11) is 0. The van der Waals surface area contributed by atoms with E-state index in [1.807, 2.05) is 95.8 Å². The van der Waals surface area contributed by atoms with Crippen molar-refractivity contribution < 1.29 is 0 Å². The first-order chi connectivity index (χ1) is 17.8. The molecule has 6 aromatic rings. The van der Waals surface area contributed by atoms with Crippen molar-refractivity contribution in [2.45, 2.75) is 0 Å². The number of aliphatic imine (C=N–C) groups is 2. The molecule has 0 bridgehead atoms. The van der Waals surface area contributed by atoms with Crippen molar-refractivity contribution in [2.24, 2.45) is 9.98 Å². The number of para-hydroxylation sites is 2. The van der Waals surface area contributed by atoms with Crippen LogP contribution in [0, 0.1) is 0 Å². The second-order valence-corrected chi connectivity index (χ2v) is 12.3. The van der Waals surface area contributed by atoms with Gasteiger partial charge in [-0.05, 0) is 72.8 Å². The molecule has 0 fully saturated rings. The topological polar surface area (TPSA) is 24.7 Å². The van der Waals surface area contributed by atoms with Crippen molar-refractivity contribution in [1.82, 2.24) is 0 Å². The third kappa shape index (κ3) is 5.37. The molecule has 0 aliphatic rings. The van der Waals surface area contributed by atoms with Crippen LogP contribution in [0.5, 0.6) is 0 Å². The van der Waals surface area contributed by atoms with E-state index in [1.54, 1.807) is 22.7 Å². The van der Waals surface area contributed by atoms with E-state index < -0.39 is 0 Å². The number of hydrogen-bond acceptors (Lipinski definition) is 6. The molecule has 6 rings (SSSR count). The lowest BCUT2D eigenvalue weighted by atomic mass is 10.3. The molecule has 0 amide bonds. The van der Waals surface area contributed by atoms with Crippen LogP contribution in [0.2, 0.25) is 0 Å². The monoisotopic (exact) mass is 536 g/mol. The molecular weight excluding hydrogens is 517 g/mol. The van der Waals surface area contributed by atoms with E-state index >= 15 is 0 Å². The highest BCUT2D eigenvalue weighted by Crippen LogP contribution is 2.42. The maximum absolute atomic E-state index is 4.58. The Labute approximate surface area is 226 Å². The van der Waals surface area contributed by atoms with Crippen LogP contribution in [0.1, 0.15) is 9.75 Å². The molecule has 0 saturated carbocycles. The molecule has 2 nitrogen and oxygen atoms in total. The highest BCUT2D eigenvalue weighted by atomic mass is 32.1. The minimum Gasteiger partial charge on any atom is -0.255 e. The quantitative estimate of drug-likeness (QED) is 0.181. The predicted molar refractivity (Wildman–Crippen MR) is 162 cm³/mol. The van der Waals surface area contributed by atoms with Gasteiger partial charge in [0.25, 0.3) is 0 Å². The summed E-state index contributed by atoms with van der Waals surface area (Å²) in [4.78, 5) is 19.2. The summed E-state index contributed by atoms with van der Waals surface area (Å²) >= 11 is 7.24. The molecule has 0 unspecified atom stereocenters. The first-order valence-corrected chi connectivity index (χ1v) is 14.7. The Morgan fingerprint density at radius 3 is 1.08 bits per heavy atom. The Balaban J connectivity index is 1.15. The van der Waals surface area contributed by atoms with Crippen LogP contribution < -0.4 is 0 Å². The molecule has 36 heavy (non-hydrogen) atoms. The van der Waals surface area contributed by atoms with E-state index in [-0.39, 0.29) is 0 Å². The van der Waals surface area contributed by atoms with Crippen LogP contribution in [0.4, 0.5) is 11.4 Å². The molecular formula is C30H20N2S4. The normalized spacial score (nSPS) is 11.7. The van der Waals surface area contributed by atoms with Crippen molar-refractivity contribution in [3.8, 4) is 29.3 Å². The summed E-state index contributed by atoms with van der Waals surface area (Å²) < 4.78 is 0. The van der Waals surface area contributed by atoms with Crippen molar-refractivity contribution in [3.05, 3.63) is 119 Å². The van der Waals surface area contributed by atoms with E-state index in [1.165, 1.54) is 29.3 Å². The van der Waals surface area contributed by atoms with E-state index in [4.69, 9.17) is 0 Å². The molecule has 0 aliphatic heterocycles. The number of rotatable bonds is 7. The minimum absolute atomic E-state index is 0.973. The zero-order chi connectivity index (χ0) is 24.2. The summed E-state index contributed by atoms with van der Waals surface area (Å²) in [6, 6.07) is 37.7. The lowest BCUT2D eigenvalue weighted by molar-refractivity contribution is 1.54. The Kier molecular flexibility index (Phi) is 6.83. The third-order valence-corrected chi connectivity index (χ3v) is 10.2. The Morgan fingerprint density at radius 2 is 0.694 bits per heavy atom. The molecule has 2 aromatic carbocycles.